The summed E-state index contributed by atoms with van der Waals surface area (Å²) in [6.07, 6.45) is 5.70. The number of ether oxygens (including phenoxy) is 1. The number of benzene rings is 1. The molecule has 0 saturated carbocycles. The number of aromatic nitrogens is 5. The van der Waals surface area contributed by atoms with Crippen molar-refractivity contribution in [3.8, 4) is 22.6 Å². The van der Waals surface area contributed by atoms with Gasteiger partial charge >= 0.3 is 0 Å². The van der Waals surface area contributed by atoms with E-state index in [0.29, 0.717) is 12.5 Å². The number of carbonyl (C=O) groups is 1. The van der Waals surface area contributed by atoms with Gasteiger partial charge in [-0.3, -0.25) is 14.5 Å². The summed E-state index contributed by atoms with van der Waals surface area (Å²) < 4.78 is 9.58. The van der Waals surface area contributed by atoms with Crippen LogP contribution in [0.15, 0.2) is 42.7 Å². The molecule has 0 spiro atoms. The fourth-order valence-electron chi connectivity index (χ4n) is 5.33. The lowest BCUT2D eigenvalue weighted by Gasteiger charge is -2.32. The van der Waals surface area contributed by atoms with E-state index in [1.54, 1.807) is 4.68 Å². The number of hydrogen-bond donors (Lipinski definition) is 0. The average molecular weight is 457 g/mol. The van der Waals surface area contributed by atoms with Gasteiger partial charge in [-0.15, -0.1) is 0 Å². The van der Waals surface area contributed by atoms with Gasteiger partial charge in [0.15, 0.2) is 0 Å². The van der Waals surface area contributed by atoms with Crippen LogP contribution in [0, 0.1) is 0 Å². The molecule has 5 heterocycles. The van der Waals surface area contributed by atoms with Crippen LogP contribution in [0.4, 0.5) is 0 Å². The molecule has 0 N–H and O–H groups in total. The van der Waals surface area contributed by atoms with Crippen molar-refractivity contribution in [2.24, 2.45) is 7.05 Å². The number of likely N-dealkylation sites (N-methyl/N-ethyl adjacent to an activating group) is 1. The van der Waals surface area contributed by atoms with Crippen LogP contribution in [0.5, 0.6) is 0 Å². The van der Waals surface area contributed by atoms with Crippen LogP contribution in [0.1, 0.15) is 43.2 Å². The van der Waals surface area contributed by atoms with E-state index in [-0.39, 0.29) is 11.9 Å². The van der Waals surface area contributed by atoms with Crippen LogP contribution in [0.25, 0.3) is 33.4 Å². The molecule has 8 nitrogen and oxygen atoms in total. The van der Waals surface area contributed by atoms with Crippen molar-refractivity contribution in [3.63, 3.8) is 0 Å². The molecule has 1 fully saturated rings. The van der Waals surface area contributed by atoms with Gasteiger partial charge in [0, 0.05) is 56.6 Å². The lowest BCUT2D eigenvalue weighted by molar-refractivity contribution is -0.135. The van der Waals surface area contributed by atoms with E-state index in [1.165, 1.54) is 0 Å². The van der Waals surface area contributed by atoms with Crippen molar-refractivity contribution in [2.45, 2.75) is 38.3 Å². The molecule has 1 saturated heterocycles. The highest BCUT2D eigenvalue weighted by Crippen LogP contribution is 2.39. The van der Waals surface area contributed by atoms with Crippen LogP contribution in [0.3, 0.4) is 0 Å². The van der Waals surface area contributed by atoms with E-state index < -0.39 is 0 Å². The zero-order valence-electron chi connectivity index (χ0n) is 19.7. The number of aryl methyl sites for hydroxylation is 1. The highest BCUT2D eigenvalue weighted by atomic mass is 16.5. The lowest BCUT2D eigenvalue weighted by atomic mass is 9.98. The Balaban J connectivity index is 1.52. The third kappa shape index (κ3) is 3.32. The summed E-state index contributed by atoms with van der Waals surface area (Å²) in [4.78, 5) is 24.7. The summed E-state index contributed by atoms with van der Waals surface area (Å²) in [5, 5.41) is 6.64. The van der Waals surface area contributed by atoms with Gasteiger partial charge in [0.2, 0.25) is 5.91 Å². The number of amides is 1. The van der Waals surface area contributed by atoms with Crippen molar-refractivity contribution in [2.75, 3.05) is 20.3 Å². The fourth-order valence-corrected chi connectivity index (χ4v) is 5.33. The zero-order chi connectivity index (χ0) is 23.4. The minimum atomic E-state index is -0.267. The Morgan fingerprint density at radius 1 is 1.09 bits per heavy atom. The monoisotopic (exact) mass is 456 g/mol. The quantitative estimate of drug-likeness (QED) is 0.467. The van der Waals surface area contributed by atoms with Gasteiger partial charge in [0.25, 0.3) is 0 Å². The Labute approximate surface area is 198 Å². The minimum absolute atomic E-state index is 0.129. The number of fused-ring (bicyclic) bond motifs is 2. The fraction of sp³-hybridized carbons (Fsp3) is 0.385. The Bertz CT molecular complexity index is 1400. The van der Waals surface area contributed by atoms with Gasteiger partial charge in [-0.1, -0.05) is 18.2 Å². The normalized spacial score (nSPS) is 19.1. The van der Waals surface area contributed by atoms with Gasteiger partial charge in [0.05, 0.1) is 23.6 Å². The Morgan fingerprint density at radius 3 is 2.68 bits per heavy atom. The van der Waals surface area contributed by atoms with E-state index in [2.05, 4.69) is 33.9 Å². The topological polar surface area (TPSA) is 78.1 Å². The van der Waals surface area contributed by atoms with Gasteiger partial charge < -0.3 is 14.2 Å². The second kappa shape index (κ2) is 8.06. The highest BCUT2D eigenvalue weighted by Gasteiger charge is 2.36. The zero-order valence-corrected chi connectivity index (χ0v) is 19.7. The maximum atomic E-state index is 12.9. The summed E-state index contributed by atoms with van der Waals surface area (Å²) in [5.74, 6) is 1.44. The molecule has 6 rings (SSSR count). The molecular weight excluding hydrogens is 428 g/mol. The molecule has 8 heteroatoms. The van der Waals surface area contributed by atoms with Crippen molar-refractivity contribution in [1.29, 1.82) is 0 Å². The maximum Gasteiger partial charge on any atom is 0.245 e. The van der Waals surface area contributed by atoms with Crippen molar-refractivity contribution < 1.29 is 9.53 Å². The van der Waals surface area contributed by atoms with E-state index in [0.717, 1.165) is 71.0 Å². The molecule has 1 aromatic carbocycles. The molecule has 3 aromatic heterocycles. The maximum absolute atomic E-state index is 12.9. The van der Waals surface area contributed by atoms with Crippen molar-refractivity contribution in [1.82, 2.24) is 29.2 Å². The second-order valence-electron chi connectivity index (χ2n) is 9.36. The molecule has 0 radical (unpaired) electrons. The van der Waals surface area contributed by atoms with Crippen LogP contribution >= 0.6 is 0 Å². The first-order valence-electron chi connectivity index (χ1n) is 11.8. The van der Waals surface area contributed by atoms with Gasteiger partial charge in [-0.05, 0) is 37.3 Å². The van der Waals surface area contributed by atoms with E-state index in [4.69, 9.17) is 14.7 Å². The molecule has 4 aromatic rings. The number of imidazole rings is 1. The Hall–Kier alpha value is -3.52. The summed E-state index contributed by atoms with van der Waals surface area (Å²) >= 11 is 0. The third-order valence-electron chi connectivity index (χ3n) is 7.13. The summed E-state index contributed by atoms with van der Waals surface area (Å²) in [7, 11) is 3.78. The minimum Gasteiger partial charge on any atom is -0.381 e. The van der Waals surface area contributed by atoms with Gasteiger partial charge in [0.1, 0.15) is 17.6 Å². The van der Waals surface area contributed by atoms with E-state index in [1.807, 2.05) is 44.4 Å². The summed E-state index contributed by atoms with van der Waals surface area (Å²) in [5.41, 5.74) is 4.79. The smallest absolute Gasteiger partial charge is 0.245 e. The number of pyridine rings is 1. The highest BCUT2D eigenvalue weighted by molar-refractivity contribution is 5.97. The molecule has 1 amide bonds. The van der Waals surface area contributed by atoms with Crippen LogP contribution in [-0.2, 0) is 23.1 Å². The Kier molecular flexibility index (Phi) is 4.99. The first-order chi connectivity index (χ1) is 16.5. The summed E-state index contributed by atoms with van der Waals surface area (Å²) in [6, 6.07) is 10.1. The predicted octanol–water partition coefficient (Wildman–Crippen LogP) is 3.93. The second-order valence-corrected chi connectivity index (χ2v) is 9.36. The standard InChI is InChI=1S/C26H28N6O2/c1-16-26(33)30(2)15-23-24(28-25(32(16)23)17-8-11-34-12-9-17)19-6-4-5-18-13-22(27-14-20(18)19)21-7-10-31(3)29-21/h4-7,10,13-14,16-17H,8-9,11-12,15H2,1-3H3/t16-/m0/s1. The Morgan fingerprint density at radius 2 is 1.91 bits per heavy atom. The molecule has 174 valence electrons. The number of hydrogen-bond acceptors (Lipinski definition) is 5. The van der Waals surface area contributed by atoms with Gasteiger partial charge in [-0.25, -0.2) is 4.98 Å². The first-order valence-corrected chi connectivity index (χ1v) is 11.8. The molecule has 0 unspecified atom stereocenters. The van der Waals surface area contributed by atoms with E-state index >= 15 is 0 Å². The van der Waals surface area contributed by atoms with Gasteiger partial charge in [-0.2, -0.15) is 5.10 Å². The molecule has 1 atom stereocenters. The largest absolute Gasteiger partial charge is 0.381 e. The molecule has 2 aliphatic heterocycles. The summed E-state index contributed by atoms with van der Waals surface area (Å²) in [6.45, 7) is 4.00. The van der Waals surface area contributed by atoms with Crippen molar-refractivity contribution >= 4 is 16.7 Å². The van der Waals surface area contributed by atoms with Crippen molar-refractivity contribution in [3.05, 3.63) is 54.2 Å². The molecule has 34 heavy (non-hydrogen) atoms. The molecule has 0 bridgehead atoms. The average Bonchev–Trinajstić information content (AvgIpc) is 3.46. The molecule has 2 aliphatic rings. The van der Waals surface area contributed by atoms with Crippen LogP contribution in [0.2, 0.25) is 0 Å². The first kappa shape index (κ1) is 21.0. The van der Waals surface area contributed by atoms with E-state index in [9.17, 15) is 4.79 Å². The number of carbonyl (C=O) groups excluding carboxylic acids is 1. The number of rotatable bonds is 3. The molecule has 0 aliphatic carbocycles. The molecular formula is C26H28N6O2. The third-order valence-corrected chi connectivity index (χ3v) is 7.13. The van der Waals surface area contributed by atoms with Crippen LogP contribution in [-0.4, -0.2) is 55.4 Å². The number of nitrogens with zero attached hydrogens (tertiary/aromatic N) is 6. The predicted molar refractivity (Wildman–Crippen MR) is 129 cm³/mol. The van der Waals surface area contributed by atoms with Crippen LogP contribution < -0.4 is 0 Å². The SMILES string of the molecule is C[C@H]1C(=O)N(C)Cc2c(-c3cccc4cc(-c5ccn(C)n5)ncc34)nc(C3CCOCC3)n21. The lowest BCUT2D eigenvalue weighted by Crippen LogP contribution is -2.40.